The van der Waals surface area contributed by atoms with E-state index in [0.29, 0.717) is 0 Å². The molecule has 0 spiro atoms. The number of hydrogen-bond donors (Lipinski definition) is 0. The minimum absolute atomic E-state index is 0. The van der Waals surface area contributed by atoms with Gasteiger partial charge in [-0.3, -0.25) is 0 Å². The Hall–Kier alpha value is -0.780. The fourth-order valence-electron chi connectivity index (χ4n) is 3.83. The van der Waals surface area contributed by atoms with Gasteiger partial charge in [0.15, 0.2) is 0 Å². The molecule has 0 saturated heterocycles. The highest BCUT2D eigenvalue weighted by molar-refractivity contribution is 7.99. The van der Waals surface area contributed by atoms with Crippen LogP contribution in [0.3, 0.4) is 0 Å². The van der Waals surface area contributed by atoms with Gasteiger partial charge in [0.25, 0.3) is 0 Å². The Labute approximate surface area is 180 Å². The van der Waals surface area contributed by atoms with Crippen LogP contribution in [0, 0.1) is 6.92 Å². The van der Waals surface area contributed by atoms with Crippen molar-refractivity contribution in [3.63, 3.8) is 0 Å². The lowest BCUT2D eigenvalue weighted by molar-refractivity contribution is -0.922. The van der Waals surface area contributed by atoms with Gasteiger partial charge in [0.2, 0.25) is 0 Å². The van der Waals surface area contributed by atoms with E-state index in [1.807, 2.05) is 11.8 Å². The molecule has 2 aromatic rings. The summed E-state index contributed by atoms with van der Waals surface area (Å²) in [5, 5.41) is 0. The predicted octanol–water partition coefficient (Wildman–Crippen LogP) is 3.16. The van der Waals surface area contributed by atoms with Gasteiger partial charge in [-0.1, -0.05) is 53.7 Å². The van der Waals surface area contributed by atoms with E-state index in [-0.39, 0.29) is 24.0 Å². The van der Waals surface area contributed by atoms with E-state index in [1.54, 1.807) is 0 Å². The van der Waals surface area contributed by atoms with Crippen LogP contribution in [-0.2, 0) is 0 Å². The number of quaternary nitrogens is 1. The molecule has 0 amide bonds. The van der Waals surface area contributed by atoms with Crippen LogP contribution in [0.15, 0.2) is 58.3 Å². The minimum atomic E-state index is 0. The zero-order chi connectivity index (χ0) is 17.9. The highest BCUT2D eigenvalue weighted by Crippen LogP contribution is 2.45. The summed E-state index contributed by atoms with van der Waals surface area (Å²) in [5.74, 6) is 0. The second-order valence-corrected chi connectivity index (χ2v) is 8.10. The molecule has 1 aliphatic rings. The first-order valence-corrected chi connectivity index (χ1v) is 10.4. The number of fused-ring (bicyclic) bond motifs is 2. The number of rotatable bonds is 6. The number of hydrogen-bond acceptors (Lipinski definition) is 1. The van der Waals surface area contributed by atoms with Crippen molar-refractivity contribution >= 4 is 17.3 Å². The number of aryl methyl sites for hydroxylation is 1. The van der Waals surface area contributed by atoms with E-state index in [9.17, 15) is 0 Å². The molecule has 0 saturated carbocycles. The number of benzene rings is 2. The van der Waals surface area contributed by atoms with Crippen molar-refractivity contribution < 1.29 is 28.5 Å². The minimum Gasteiger partial charge on any atom is -1.00 e. The Morgan fingerprint density at radius 2 is 1.54 bits per heavy atom. The van der Waals surface area contributed by atoms with Gasteiger partial charge in [0.1, 0.15) is 0 Å². The van der Waals surface area contributed by atoms with Gasteiger partial charge >= 0.3 is 0 Å². The molecule has 0 unspecified atom stereocenters. The first kappa shape index (κ1) is 21.5. The van der Waals surface area contributed by atoms with Crippen LogP contribution in [0.1, 0.15) is 43.9 Å². The zero-order valence-corrected chi connectivity index (χ0v) is 19.4. The van der Waals surface area contributed by atoms with Crippen LogP contribution in [0.25, 0.3) is 5.57 Å². The van der Waals surface area contributed by atoms with Gasteiger partial charge in [-0.25, -0.2) is 0 Å². The van der Waals surface area contributed by atoms with Crippen molar-refractivity contribution in [2.24, 2.45) is 0 Å². The molecular formula is C23H30INS. The van der Waals surface area contributed by atoms with Crippen molar-refractivity contribution in [1.29, 1.82) is 0 Å². The highest BCUT2D eigenvalue weighted by atomic mass is 127. The largest absolute Gasteiger partial charge is 1.00 e. The maximum Gasteiger partial charge on any atom is 0.0821 e. The summed E-state index contributed by atoms with van der Waals surface area (Å²) in [5.41, 5.74) is 5.57. The third kappa shape index (κ3) is 4.37. The van der Waals surface area contributed by atoms with Gasteiger partial charge in [-0.05, 0) is 56.5 Å². The maximum absolute atomic E-state index is 2.49. The smallest absolute Gasteiger partial charge is 0.0821 e. The fourth-order valence-corrected chi connectivity index (χ4v) is 4.92. The van der Waals surface area contributed by atoms with E-state index in [2.05, 4.69) is 76.2 Å². The molecule has 1 heterocycles. The lowest BCUT2D eigenvalue weighted by atomic mass is 9.95. The Balaban J connectivity index is 0.00000243. The molecule has 1 nitrogen and oxygen atoms in total. The molecule has 0 aliphatic carbocycles. The van der Waals surface area contributed by atoms with Crippen molar-refractivity contribution in [3.05, 3.63) is 65.2 Å². The van der Waals surface area contributed by atoms with Gasteiger partial charge in [-0.2, -0.15) is 0 Å². The Bertz CT molecular complexity index is 769. The molecule has 3 rings (SSSR count). The maximum atomic E-state index is 2.49. The van der Waals surface area contributed by atoms with Crippen LogP contribution in [-0.4, -0.2) is 30.7 Å². The van der Waals surface area contributed by atoms with E-state index < -0.39 is 0 Å². The normalized spacial score (nSPS) is 14.5. The molecule has 140 valence electrons. The van der Waals surface area contributed by atoms with Crippen molar-refractivity contribution in [2.75, 3.05) is 26.2 Å². The van der Waals surface area contributed by atoms with E-state index >= 15 is 0 Å². The summed E-state index contributed by atoms with van der Waals surface area (Å²) >= 11 is 1.90. The Kier molecular flexibility index (Phi) is 7.80. The molecule has 0 N–H and O–H groups in total. The first-order valence-electron chi connectivity index (χ1n) is 9.56. The molecule has 0 atom stereocenters. The summed E-state index contributed by atoms with van der Waals surface area (Å²) in [4.78, 5) is 2.77. The average Bonchev–Trinajstić information content (AvgIpc) is 2.65. The van der Waals surface area contributed by atoms with Gasteiger partial charge in [0, 0.05) is 16.2 Å². The number of nitrogens with zero attached hydrogens (tertiary/aromatic N) is 1. The molecular weight excluding hydrogens is 449 g/mol. The van der Waals surface area contributed by atoms with Crippen molar-refractivity contribution in [1.82, 2.24) is 0 Å². The van der Waals surface area contributed by atoms with Crippen LogP contribution in [0.5, 0.6) is 0 Å². The zero-order valence-electron chi connectivity index (χ0n) is 16.4. The summed E-state index contributed by atoms with van der Waals surface area (Å²) in [6.07, 6.45) is 3.63. The fraction of sp³-hybridized carbons (Fsp3) is 0.391. The average molecular weight is 479 g/mol. The highest BCUT2D eigenvalue weighted by Gasteiger charge is 2.22. The lowest BCUT2D eigenvalue weighted by Crippen LogP contribution is -3.00. The summed E-state index contributed by atoms with van der Waals surface area (Å²) in [6, 6.07) is 15.7. The SMILES string of the molecule is CC[N+](CC)(CC)CCC=C1c2ccccc2Sc2ccc(C)cc21.[I-]. The van der Waals surface area contributed by atoms with Gasteiger partial charge in [-0.15, -0.1) is 0 Å². The standard InChI is InChI=1S/C23H30NS.HI/c1-5-24(6-2,7-3)16-10-12-19-20-11-8-9-13-22(20)25-23-15-14-18(4)17-21(19)23;/h8-9,11-15,17H,5-7,10,16H2,1-4H3;1H/q+1;/p-1. The molecule has 26 heavy (non-hydrogen) atoms. The van der Waals surface area contributed by atoms with Gasteiger partial charge in [0.05, 0.1) is 26.2 Å². The van der Waals surface area contributed by atoms with Crippen LogP contribution < -0.4 is 24.0 Å². The van der Waals surface area contributed by atoms with Crippen molar-refractivity contribution in [3.8, 4) is 0 Å². The third-order valence-electron chi connectivity index (χ3n) is 5.79. The second kappa shape index (κ2) is 9.43. The first-order chi connectivity index (χ1) is 12.1. The predicted molar refractivity (Wildman–Crippen MR) is 110 cm³/mol. The van der Waals surface area contributed by atoms with Crippen molar-refractivity contribution in [2.45, 2.75) is 43.9 Å². The number of halogens is 1. The third-order valence-corrected chi connectivity index (χ3v) is 6.94. The molecule has 0 bridgehead atoms. The quantitative estimate of drug-likeness (QED) is 0.387. The Morgan fingerprint density at radius 3 is 2.23 bits per heavy atom. The summed E-state index contributed by atoms with van der Waals surface area (Å²) in [6.45, 7) is 14.1. The molecule has 2 aromatic carbocycles. The molecule has 0 fully saturated rings. The molecule has 0 radical (unpaired) electrons. The van der Waals surface area contributed by atoms with Crippen LogP contribution in [0.4, 0.5) is 0 Å². The Morgan fingerprint density at radius 1 is 0.885 bits per heavy atom. The summed E-state index contributed by atoms with van der Waals surface area (Å²) in [7, 11) is 0. The molecule has 1 aliphatic heterocycles. The second-order valence-electron chi connectivity index (χ2n) is 7.02. The van der Waals surface area contributed by atoms with E-state index in [1.165, 1.54) is 62.7 Å². The van der Waals surface area contributed by atoms with E-state index in [4.69, 9.17) is 0 Å². The van der Waals surface area contributed by atoms with E-state index in [0.717, 1.165) is 6.42 Å². The van der Waals surface area contributed by atoms with Crippen LogP contribution in [0.2, 0.25) is 0 Å². The lowest BCUT2D eigenvalue weighted by Gasteiger charge is -2.35. The van der Waals surface area contributed by atoms with Gasteiger partial charge < -0.3 is 28.5 Å². The monoisotopic (exact) mass is 479 g/mol. The summed E-state index contributed by atoms with van der Waals surface area (Å²) < 4.78 is 1.21. The molecule has 3 heteroatoms. The molecule has 0 aromatic heterocycles. The topological polar surface area (TPSA) is 0 Å². The van der Waals surface area contributed by atoms with Crippen LogP contribution >= 0.6 is 11.8 Å².